The second kappa shape index (κ2) is 11.7. The molecule has 0 bridgehead atoms. The molecule has 0 aromatic heterocycles. The van der Waals surface area contributed by atoms with Crippen molar-refractivity contribution < 1.29 is 58.0 Å². The number of carbonyl (C=O) groups is 2. The number of phosphoric acid groups is 1. The summed E-state index contributed by atoms with van der Waals surface area (Å²) in [5, 5.41) is 3.14. The van der Waals surface area contributed by atoms with E-state index in [1.807, 2.05) is 0 Å². The van der Waals surface area contributed by atoms with Gasteiger partial charge in [0.15, 0.2) is 0 Å². The molecule has 1 amide bonds. The van der Waals surface area contributed by atoms with Crippen LogP contribution in [-0.4, -0.2) is 29.7 Å². The number of carbonyl (C=O) groups excluding carboxylic acids is 2. The molecule has 0 saturated heterocycles. The van der Waals surface area contributed by atoms with Crippen molar-refractivity contribution in [3.8, 4) is 0 Å². The number of phosphoric ester groups is 1. The van der Waals surface area contributed by atoms with E-state index in [1.54, 1.807) is 0 Å². The molecular weight excluding hydrogens is 560 g/mol. The minimum atomic E-state index is -4.75. The number of hydrogen-bond donors (Lipinski definition) is 2. The van der Waals surface area contributed by atoms with Crippen molar-refractivity contribution in [3.05, 3.63) is 12.2 Å². The molecule has 2 N–H and O–H groups in total. The average Bonchev–Trinajstić information content (AvgIpc) is 3.27. The number of Topliss-reactive ketones (excluding diaryl/α,β-unsaturated/α-hetero) is 1. The molecule has 232 valence electrons. The van der Waals surface area contributed by atoms with Crippen molar-refractivity contribution in [3.63, 3.8) is 0 Å². The van der Waals surface area contributed by atoms with Crippen LogP contribution in [0.25, 0.3) is 0 Å². The largest absolute Gasteiger partial charge is 1.00 e. The maximum absolute atomic E-state index is 14.0. The summed E-state index contributed by atoms with van der Waals surface area (Å²) in [5.74, 6) is 2.57. The van der Waals surface area contributed by atoms with Gasteiger partial charge < -0.3 is 19.6 Å². The topological polar surface area (TPSA) is 116 Å². The van der Waals surface area contributed by atoms with Gasteiger partial charge in [-0.3, -0.25) is 14.2 Å². The van der Waals surface area contributed by atoms with Gasteiger partial charge in [0.2, 0.25) is 5.91 Å². The Labute approximate surface area is 275 Å². The summed E-state index contributed by atoms with van der Waals surface area (Å²) in [6, 6.07) is 0. The summed E-state index contributed by atoms with van der Waals surface area (Å²) in [4.78, 5) is 46.8. The Morgan fingerprint density at radius 3 is 2.36 bits per heavy atom. The molecule has 0 aromatic carbocycles. The third-order valence-corrected chi connectivity index (χ3v) is 14.6. The van der Waals surface area contributed by atoms with Crippen molar-refractivity contribution in [1.82, 2.24) is 5.32 Å². The van der Waals surface area contributed by atoms with E-state index in [0.717, 1.165) is 51.4 Å². The first kappa shape index (κ1) is 34.9. The van der Waals surface area contributed by atoms with Gasteiger partial charge in [0.25, 0.3) is 7.82 Å². The molecule has 5 aliphatic carbocycles. The third kappa shape index (κ3) is 5.21. The Kier molecular flexibility index (Phi) is 9.67. The van der Waals surface area contributed by atoms with Crippen molar-refractivity contribution in [2.45, 2.75) is 112 Å². The van der Waals surface area contributed by atoms with E-state index < -0.39 is 13.2 Å². The van der Waals surface area contributed by atoms with Gasteiger partial charge in [0.1, 0.15) is 5.78 Å². The van der Waals surface area contributed by atoms with E-state index in [-0.39, 0.29) is 69.6 Å². The normalized spacial score (nSPS) is 45.2. The van der Waals surface area contributed by atoms with Crippen LogP contribution in [0.3, 0.4) is 0 Å². The van der Waals surface area contributed by atoms with E-state index >= 15 is 0 Å². The fourth-order valence-corrected chi connectivity index (χ4v) is 12.3. The van der Waals surface area contributed by atoms with Gasteiger partial charge in [0.05, 0.1) is 12.0 Å². The van der Waals surface area contributed by atoms with E-state index in [0.29, 0.717) is 48.8 Å². The number of hydrogen-bond acceptors (Lipinski definition) is 5. The smallest absolute Gasteiger partial charge is 0.756 e. The van der Waals surface area contributed by atoms with Gasteiger partial charge in [0, 0.05) is 18.4 Å². The van der Waals surface area contributed by atoms with Gasteiger partial charge in [-0.1, -0.05) is 46.8 Å². The summed E-state index contributed by atoms with van der Waals surface area (Å²) in [7, 11) is -4.75. The zero-order valence-electron chi connectivity index (χ0n) is 27.2. The maximum Gasteiger partial charge on any atom is 1.00 e. The van der Waals surface area contributed by atoms with Crippen molar-refractivity contribution >= 4 is 19.5 Å². The average molecular weight is 614 g/mol. The van der Waals surface area contributed by atoms with Crippen LogP contribution in [0.1, 0.15) is 112 Å². The molecule has 0 aliphatic heterocycles. The molecule has 9 heteroatoms. The van der Waals surface area contributed by atoms with Crippen LogP contribution in [0.2, 0.25) is 0 Å². The molecular formula is C33H53NNaO6P. The molecule has 0 aromatic rings. The van der Waals surface area contributed by atoms with E-state index in [4.69, 9.17) is 4.89 Å². The first-order valence-electron chi connectivity index (χ1n) is 16.1. The molecule has 0 radical (unpaired) electrons. The van der Waals surface area contributed by atoms with E-state index in [2.05, 4.69) is 58.0 Å². The molecule has 5 rings (SSSR count). The number of allylic oxidation sites excluding steroid dienone is 1. The standard InChI is InChI=1S/C33H54NO6P.Na/c1-21(2)22-11-16-33(28(36)34-19-8-20-40-41(37,38)39)18-17-31(6)23(27(22)33)9-10-25-30(5)14-13-26(35)29(3,4)24(30)12-15-32(25,31)7;/h22-25,27H,1,8-20H2,2-7H3,(H,34,36)(H2,37,38,39);/q;+1/p-1/t22-,23+,24-,25+,27+,30-,31+,32+,33-;/m0./s1. The molecule has 5 aliphatic rings. The molecule has 10 atom stereocenters. The Bertz CT molecular complexity index is 1150. The first-order chi connectivity index (χ1) is 18.9. The minimum Gasteiger partial charge on any atom is -0.756 e. The fourth-order valence-electron chi connectivity index (χ4n) is 12.0. The predicted octanol–water partition coefficient (Wildman–Crippen LogP) is 3.20. The predicted molar refractivity (Wildman–Crippen MR) is 157 cm³/mol. The van der Waals surface area contributed by atoms with E-state index in [1.165, 1.54) is 12.0 Å². The van der Waals surface area contributed by atoms with Crippen molar-refractivity contribution in [1.29, 1.82) is 0 Å². The summed E-state index contributed by atoms with van der Waals surface area (Å²) >= 11 is 0. The zero-order chi connectivity index (χ0) is 30.2. The second-order valence-corrected chi connectivity index (χ2v) is 17.1. The zero-order valence-corrected chi connectivity index (χ0v) is 30.1. The SMILES string of the molecule is C=C(C)[C@@H]1CC[C@]2(C(=O)NCCCOP(=O)([O-])O)CC[C@]3(C)[C@H](CC[C@@H]4[C@@]5(C)CCC(=O)C(C)(C)[C@@H]5CC[C@]43C)[C@@H]12.[Na+]. The summed E-state index contributed by atoms with van der Waals surface area (Å²) in [6.45, 7) is 18.8. The van der Waals surface area contributed by atoms with Crippen molar-refractivity contribution in [2.75, 3.05) is 13.2 Å². The van der Waals surface area contributed by atoms with Crippen LogP contribution in [0, 0.1) is 56.7 Å². The molecule has 42 heavy (non-hydrogen) atoms. The van der Waals surface area contributed by atoms with E-state index in [9.17, 15) is 19.0 Å². The van der Waals surface area contributed by atoms with Crippen LogP contribution < -0.4 is 39.8 Å². The van der Waals surface area contributed by atoms with Gasteiger partial charge >= 0.3 is 29.6 Å². The first-order valence-corrected chi connectivity index (χ1v) is 17.6. The quantitative estimate of drug-likeness (QED) is 0.197. The Morgan fingerprint density at radius 1 is 1.02 bits per heavy atom. The molecule has 0 spiro atoms. The van der Waals surface area contributed by atoms with Crippen LogP contribution in [-0.2, 0) is 18.7 Å². The second-order valence-electron chi connectivity index (χ2n) is 15.9. The Hall–Kier alpha value is -0.0100. The van der Waals surface area contributed by atoms with Crippen molar-refractivity contribution in [2.24, 2.45) is 56.7 Å². The monoisotopic (exact) mass is 613 g/mol. The molecule has 0 heterocycles. The number of fused-ring (bicyclic) bond motifs is 7. The Balaban J connectivity index is 0.00000405. The number of nitrogens with one attached hydrogen (secondary N) is 1. The van der Waals surface area contributed by atoms with Gasteiger partial charge in [-0.05, 0) is 117 Å². The van der Waals surface area contributed by atoms with Crippen LogP contribution in [0.4, 0.5) is 0 Å². The van der Waals surface area contributed by atoms with Gasteiger partial charge in [-0.15, -0.1) is 0 Å². The number of rotatable bonds is 7. The van der Waals surface area contributed by atoms with Crippen LogP contribution in [0.15, 0.2) is 12.2 Å². The number of amides is 1. The van der Waals surface area contributed by atoms with Crippen LogP contribution in [0.5, 0.6) is 0 Å². The minimum absolute atomic E-state index is 0. The molecule has 5 saturated carbocycles. The maximum atomic E-state index is 14.0. The van der Waals surface area contributed by atoms with Gasteiger partial charge in [-0.25, -0.2) is 0 Å². The van der Waals surface area contributed by atoms with Gasteiger partial charge in [-0.2, -0.15) is 0 Å². The molecule has 5 fully saturated rings. The fraction of sp³-hybridized carbons (Fsp3) is 0.879. The van der Waals surface area contributed by atoms with Crippen LogP contribution >= 0.6 is 7.82 Å². The summed E-state index contributed by atoms with van der Waals surface area (Å²) in [5.41, 5.74) is 0.950. The Morgan fingerprint density at radius 2 is 1.71 bits per heavy atom. The number of ketones is 1. The summed E-state index contributed by atoms with van der Waals surface area (Å²) < 4.78 is 15.4. The third-order valence-electron chi connectivity index (χ3n) is 14.1. The molecule has 7 nitrogen and oxygen atoms in total. The molecule has 1 unspecified atom stereocenters. The summed E-state index contributed by atoms with van der Waals surface area (Å²) in [6.07, 6.45) is 10.3.